The van der Waals surface area contributed by atoms with Gasteiger partial charge in [-0.15, -0.1) is 0 Å². The number of nitrogens with one attached hydrogen (secondary N) is 3. The Bertz CT molecular complexity index is 793. The number of nitriles is 1. The second-order valence-electron chi connectivity index (χ2n) is 9.55. The number of rotatable bonds is 4. The highest BCUT2D eigenvalue weighted by atomic mass is 16.2. The topological polar surface area (TPSA) is 131 Å². The molecule has 2 aliphatic heterocycles. The number of carbonyl (C=O) groups is 4. The van der Waals surface area contributed by atoms with Crippen molar-refractivity contribution in [2.24, 2.45) is 23.7 Å². The van der Waals surface area contributed by atoms with Gasteiger partial charge in [0.2, 0.25) is 17.7 Å². The molecule has 6 atom stereocenters. The van der Waals surface area contributed by atoms with Gasteiger partial charge in [-0.1, -0.05) is 6.42 Å². The van der Waals surface area contributed by atoms with Gasteiger partial charge in [0.25, 0.3) is 0 Å². The summed E-state index contributed by atoms with van der Waals surface area (Å²) >= 11 is 0. The van der Waals surface area contributed by atoms with Gasteiger partial charge in [0.05, 0.1) is 6.07 Å². The highest BCUT2D eigenvalue weighted by molar-refractivity contribution is 6.02. The number of carbonyl (C=O) groups excluding carboxylic acids is 4. The molecule has 4 fully saturated rings. The first kappa shape index (κ1) is 21.6. The molecule has 0 bridgehead atoms. The van der Waals surface area contributed by atoms with Crippen molar-refractivity contribution in [3.8, 4) is 6.07 Å². The molecule has 2 saturated heterocycles. The molecule has 0 aromatic carbocycles. The van der Waals surface area contributed by atoms with Crippen molar-refractivity contribution in [3.63, 3.8) is 0 Å². The van der Waals surface area contributed by atoms with E-state index in [1.807, 2.05) is 0 Å². The number of imide groups is 1. The third kappa shape index (κ3) is 4.83. The largest absolute Gasteiger partial charge is 0.338 e. The number of hydrogen-bond acceptors (Lipinski definition) is 5. The fraction of sp³-hybridized carbons (Fsp3) is 0.773. The van der Waals surface area contributed by atoms with Gasteiger partial charge in [-0.25, -0.2) is 4.79 Å². The van der Waals surface area contributed by atoms with Gasteiger partial charge in [0.15, 0.2) is 0 Å². The lowest BCUT2D eigenvalue weighted by Crippen LogP contribution is -2.53. The van der Waals surface area contributed by atoms with E-state index in [-0.39, 0.29) is 59.9 Å². The lowest BCUT2D eigenvalue weighted by molar-refractivity contribution is -0.145. The molecule has 4 aliphatic rings. The van der Waals surface area contributed by atoms with Crippen LogP contribution >= 0.6 is 0 Å². The summed E-state index contributed by atoms with van der Waals surface area (Å²) in [5.74, 6) is -0.230. The van der Waals surface area contributed by atoms with Crippen LogP contribution in [0.15, 0.2) is 0 Å². The Hall–Kier alpha value is -2.63. The second-order valence-corrected chi connectivity index (χ2v) is 9.55. The Morgan fingerprint density at radius 1 is 1.13 bits per heavy atom. The molecule has 0 aromatic rings. The van der Waals surface area contributed by atoms with E-state index in [1.54, 1.807) is 4.90 Å². The van der Waals surface area contributed by atoms with E-state index in [0.717, 1.165) is 32.1 Å². The first-order chi connectivity index (χ1) is 14.9. The Kier molecular flexibility index (Phi) is 6.44. The van der Waals surface area contributed by atoms with E-state index >= 15 is 0 Å². The average Bonchev–Trinajstić information content (AvgIpc) is 3.08. The maximum absolute atomic E-state index is 13.0. The first-order valence-electron chi connectivity index (χ1n) is 11.5. The normalized spacial score (nSPS) is 35.7. The Morgan fingerprint density at radius 3 is 2.74 bits per heavy atom. The summed E-state index contributed by atoms with van der Waals surface area (Å²) in [6.45, 7) is 1.10. The summed E-state index contributed by atoms with van der Waals surface area (Å²) in [6.07, 6.45) is 6.71. The van der Waals surface area contributed by atoms with E-state index in [9.17, 15) is 19.2 Å². The maximum Gasteiger partial charge on any atom is 0.315 e. The Morgan fingerprint density at radius 2 is 1.97 bits per heavy atom. The number of fused-ring (bicyclic) bond motifs is 1. The molecule has 0 radical (unpaired) electrons. The molecular weight excluding hydrogens is 398 g/mol. The molecule has 4 rings (SSSR count). The molecule has 9 heteroatoms. The number of nitrogens with zero attached hydrogens (tertiary/aromatic N) is 2. The van der Waals surface area contributed by atoms with E-state index in [1.165, 1.54) is 0 Å². The van der Waals surface area contributed by atoms with Crippen LogP contribution in [0, 0.1) is 35.0 Å². The number of likely N-dealkylation sites (tertiary alicyclic amines) is 1. The summed E-state index contributed by atoms with van der Waals surface area (Å²) in [6, 6.07) is 1.61. The second kappa shape index (κ2) is 9.25. The third-order valence-electron chi connectivity index (χ3n) is 7.46. The summed E-state index contributed by atoms with van der Waals surface area (Å²) in [7, 11) is 0. The fourth-order valence-electron chi connectivity index (χ4n) is 5.75. The molecule has 3 N–H and O–H groups in total. The van der Waals surface area contributed by atoms with Crippen LogP contribution < -0.4 is 16.0 Å². The van der Waals surface area contributed by atoms with Crippen LogP contribution in [0.1, 0.15) is 57.8 Å². The summed E-state index contributed by atoms with van der Waals surface area (Å²) in [5.41, 5.74) is 0. The highest BCUT2D eigenvalue weighted by Crippen LogP contribution is 2.41. The van der Waals surface area contributed by atoms with Crippen molar-refractivity contribution in [1.29, 1.82) is 5.26 Å². The molecule has 31 heavy (non-hydrogen) atoms. The number of hydrogen-bond donors (Lipinski definition) is 3. The van der Waals surface area contributed by atoms with E-state index in [4.69, 9.17) is 5.26 Å². The standard InChI is InChI=1S/C22H31N5O4/c23-10-13-2-1-3-16(8-13)25-22(31)24-11-14-4-5-15-12-27(21(30)17(15)9-14)18-6-7-19(28)26-20(18)29/h13-18H,1-9,11-12H2,(H2,24,25,31)(H,26,28,29). The van der Waals surface area contributed by atoms with Crippen molar-refractivity contribution < 1.29 is 19.2 Å². The summed E-state index contributed by atoms with van der Waals surface area (Å²) < 4.78 is 0. The Labute approximate surface area is 182 Å². The van der Waals surface area contributed by atoms with Crippen molar-refractivity contribution in [1.82, 2.24) is 20.9 Å². The van der Waals surface area contributed by atoms with Crippen LogP contribution in [0.3, 0.4) is 0 Å². The monoisotopic (exact) mass is 429 g/mol. The smallest absolute Gasteiger partial charge is 0.315 e. The molecule has 9 nitrogen and oxygen atoms in total. The van der Waals surface area contributed by atoms with Crippen molar-refractivity contribution in [2.75, 3.05) is 13.1 Å². The minimum absolute atomic E-state index is 0.0124. The van der Waals surface area contributed by atoms with E-state index in [0.29, 0.717) is 32.4 Å². The number of piperidine rings is 1. The molecule has 6 unspecified atom stereocenters. The minimum Gasteiger partial charge on any atom is -0.338 e. The van der Waals surface area contributed by atoms with E-state index in [2.05, 4.69) is 22.0 Å². The average molecular weight is 430 g/mol. The predicted octanol–water partition coefficient (Wildman–Crippen LogP) is 1.05. The number of amides is 5. The maximum atomic E-state index is 13.0. The van der Waals surface area contributed by atoms with Crippen LogP contribution in [0.5, 0.6) is 0 Å². The third-order valence-corrected chi connectivity index (χ3v) is 7.46. The van der Waals surface area contributed by atoms with Crippen LogP contribution in [-0.2, 0) is 14.4 Å². The molecule has 2 saturated carbocycles. The van der Waals surface area contributed by atoms with E-state index < -0.39 is 6.04 Å². The van der Waals surface area contributed by atoms with Crippen LogP contribution in [0.25, 0.3) is 0 Å². The Balaban J connectivity index is 1.25. The molecule has 0 spiro atoms. The summed E-state index contributed by atoms with van der Waals surface area (Å²) in [5, 5.41) is 17.4. The van der Waals surface area contributed by atoms with Gasteiger partial charge in [0, 0.05) is 37.4 Å². The SMILES string of the molecule is N#CC1CCCC(NC(=O)NCC2CCC3CN(C4CCC(=O)NC4=O)C(=O)C3C2)C1. The van der Waals surface area contributed by atoms with Crippen molar-refractivity contribution in [2.45, 2.75) is 69.9 Å². The first-order valence-corrected chi connectivity index (χ1v) is 11.5. The molecular formula is C22H31N5O4. The van der Waals surface area contributed by atoms with Gasteiger partial charge in [-0.2, -0.15) is 5.26 Å². The van der Waals surface area contributed by atoms with Crippen molar-refractivity contribution in [3.05, 3.63) is 0 Å². The lowest BCUT2D eigenvalue weighted by Gasteiger charge is -2.30. The van der Waals surface area contributed by atoms with Crippen LogP contribution in [0.2, 0.25) is 0 Å². The molecule has 2 aliphatic carbocycles. The predicted molar refractivity (Wildman–Crippen MR) is 110 cm³/mol. The van der Waals surface area contributed by atoms with Crippen LogP contribution in [0.4, 0.5) is 4.79 Å². The van der Waals surface area contributed by atoms with Crippen molar-refractivity contribution >= 4 is 23.8 Å². The van der Waals surface area contributed by atoms with Gasteiger partial charge < -0.3 is 15.5 Å². The molecule has 2 heterocycles. The van der Waals surface area contributed by atoms with Crippen LogP contribution in [-0.4, -0.2) is 53.8 Å². The zero-order valence-electron chi connectivity index (χ0n) is 17.8. The zero-order valence-corrected chi connectivity index (χ0v) is 17.8. The van der Waals surface area contributed by atoms with Gasteiger partial charge in [-0.05, 0) is 56.8 Å². The number of urea groups is 1. The molecule has 0 aromatic heterocycles. The fourth-order valence-corrected chi connectivity index (χ4v) is 5.75. The van der Waals surface area contributed by atoms with Gasteiger partial charge in [0.1, 0.15) is 6.04 Å². The zero-order chi connectivity index (χ0) is 22.0. The quantitative estimate of drug-likeness (QED) is 0.575. The lowest BCUT2D eigenvalue weighted by atomic mass is 9.75. The molecule has 5 amide bonds. The van der Waals surface area contributed by atoms with Gasteiger partial charge >= 0.3 is 6.03 Å². The minimum atomic E-state index is -0.536. The van der Waals surface area contributed by atoms with Gasteiger partial charge in [-0.3, -0.25) is 19.7 Å². The highest BCUT2D eigenvalue weighted by Gasteiger charge is 2.48. The summed E-state index contributed by atoms with van der Waals surface area (Å²) in [4.78, 5) is 50.6. The molecule has 168 valence electrons.